The molecule has 4 amide bonds. The summed E-state index contributed by atoms with van der Waals surface area (Å²) in [5, 5.41) is 2.39. The van der Waals surface area contributed by atoms with E-state index in [2.05, 4.69) is 0 Å². The molecule has 0 atom stereocenters. The van der Waals surface area contributed by atoms with E-state index < -0.39 is 17.8 Å². The van der Waals surface area contributed by atoms with E-state index in [0.717, 1.165) is 26.1 Å². The number of carbonyl (C=O) groups is 3. The Labute approximate surface area is 184 Å². The van der Waals surface area contributed by atoms with Gasteiger partial charge in [0.05, 0.1) is 0 Å². The first-order chi connectivity index (χ1) is 14.9. The van der Waals surface area contributed by atoms with E-state index >= 15 is 0 Å². The molecule has 1 aliphatic heterocycles. The predicted molar refractivity (Wildman–Crippen MR) is 119 cm³/mol. The van der Waals surface area contributed by atoms with Crippen LogP contribution in [0.5, 0.6) is 5.75 Å². The number of imide groups is 2. The van der Waals surface area contributed by atoms with Crippen LogP contribution in [0.4, 0.5) is 4.79 Å². The van der Waals surface area contributed by atoms with Gasteiger partial charge in [-0.3, -0.25) is 19.4 Å². The molecule has 3 aromatic carbocycles. The fraction of sp³-hybridized carbons (Fsp3) is 0.125. The number of hydrogen-bond donors (Lipinski definition) is 0. The van der Waals surface area contributed by atoms with Crippen LogP contribution in [-0.2, 0) is 16.2 Å². The van der Waals surface area contributed by atoms with Crippen molar-refractivity contribution in [1.29, 1.82) is 0 Å². The van der Waals surface area contributed by atoms with Gasteiger partial charge < -0.3 is 4.74 Å². The lowest BCUT2D eigenvalue weighted by Crippen LogP contribution is -2.52. The van der Waals surface area contributed by atoms with Gasteiger partial charge in [-0.05, 0) is 40.6 Å². The molecule has 0 N–H and O–H groups in total. The monoisotopic (exact) mass is 434 g/mol. The van der Waals surface area contributed by atoms with Crippen LogP contribution in [0.2, 0.25) is 5.02 Å². The summed E-state index contributed by atoms with van der Waals surface area (Å²) >= 11 is 5.94. The van der Waals surface area contributed by atoms with Crippen molar-refractivity contribution in [3.63, 3.8) is 0 Å². The zero-order valence-corrected chi connectivity index (χ0v) is 17.7. The minimum atomic E-state index is -0.663. The topological polar surface area (TPSA) is 66.9 Å². The van der Waals surface area contributed by atoms with Gasteiger partial charge in [-0.25, -0.2) is 4.79 Å². The van der Waals surface area contributed by atoms with Crippen molar-refractivity contribution in [3.8, 4) is 5.75 Å². The number of benzene rings is 3. The Bertz CT molecular complexity index is 1210. The Balaban J connectivity index is 1.79. The number of rotatable bonds is 4. The second-order valence-corrected chi connectivity index (χ2v) is 7.62. The van der Waals surface area contributed by atoms with E-state index in [-0.39, 0.29) is 12.2 Å². The third kappa shape index (κ3) is 3.90. The van der Waals surface area contributed by atoms with Gasteiger partial charge in [0.25, 0.3) is 11.8 Å². The van der Waals surface area contributed by atoms with Gasteiger partial charge in [0, 0.05) is 24.7 Å². The number of barbiturate groups is 1. The summed E-state index contributed by atoms with van der Waals surface area (Å²) < 4.78 is 6.05. The zero-order valence-electron chi connectivity index (χ0n) is 17.0. The van der Waals surface area contributed by atoms with Crippen LogP contribution in [-0.4, -0.2) is 41.7 Å². The number of urea groups is 1. The molecule has 7 heteroatoms. The molecular formula is C24H19ClN2O4. The number of likely N-dealkylation sites (N-methyl/N-ethyl adjacent to an activating group) is 2. The van der Waals surface area contributed by atoms with Crippen molar-refractivity contribution < 1.29 is 19.1 Å². The Morgan fingerprint density at radius 3 is 2.19 bits per heavy atom. The Hall–Kier alpha value is -3.64. The van der Waals surface area contributed by atoms with Gasteiger partial charge in [-0.1, -0.05) is 54.1 Å². The Morgan fingerprint density at radius 1 is 0.871 bits per heavy atom. The highest BCUT2D eigenvalue weighted by Crippen LogP contribution is 2.32. The second kappa shape index (κ2) is 8.24. The Kier molecular flexibility index (Phi) is 5.48. The molecule has 3 aromatic rings. The van der Waals surface area contributed by atoms with Crippen molar-refractivity contribution in [2.45, 2.75) is 6.61 Å². The first-order valence-corrected chi connectivity index (χ1v) is 9.95. The summed E-state index contributed by atoms with van der Waals surface area (Å²) in [6, 6.07) is 18.0. The van der Waals surface area contributed by atoms with Crippen LogP contribution >= 0.6 is 11.6 Å². The number of nitrogens with zero attached hydrogens (tertiary/aromatic N) is 2. The quantitative estimate of drug-likeness (QED) is 0.447. The molecule has 1 heterocycles. The summed E-state index contributed by atoms with van der Waals surface area (Å²) in [6.45, 7) is 0.284. The molecule has 1 fully saturated rings. The highest BCUT2D eigenvalue weighted by atomic mass is 35.5. The van der Waals surface area contributed by atoms with Crippen molar-refractivity contribution in [2.24, 2.45) is 0 Å². The summed E-state index contributed by atoms with van der Waals surface area (Å²) in [5.74, 6) is -0.779. The van der Waals surface area contributed by atoms with Crippen LogP contribution in [0.15, 0.2) is 66.2 Å². The van der Waals surface area contributed by atoms with Crippen LogP contribution in [0.25, 0.3) is 16.8 Å². The van der Waals surface area contributed by atoms with Gasteiger partial charge in [0.1, 0.15) is 17.9 Å². The lowest BCUT2D eigenvalue weighted by molar-refractivity contribution is -0.134. The maximum Gasteiger partial charge on any atom is 0.333 e. The number of fused-ring (bicyclic) bond motifs is 1. The summed E-state index contributed by atoms with van der Waals surface area (Å²) in [6.07, 6.45) is 1.50. The van der Waals surface area contributed by atoms with Gasteiger partial charge in [0.15, 0.2) is 0 Å². The third-order valence-electron chi connectivity index (χ3n) is 5.17. The fourth-order valence-electron chi connectivity index (χ4n) is 3.41. The number of carbonyl (C=O) groups excluding carboxylic acids is 3. The van der Waals surface area contributed by atoms with Crippen molar-refractivity contribution in [1.82, 2.24) is 9.80 Å². The average Bonchev–Trinajstić information content (AvgIpc) is 2.79. The maximum absolute atomic E-state index is 12.7. The number of amides is 4. The molecule has 31 heavy (non-hydrogen) atoms. The molecule has 0 unspecified atom stereocenters. The number of hydrogen-bond acceptors (Lipinski definition) is 4. The molecule has 1 aliphatic rings. The SMILES string of the molecule is CN1C(=O)C(=Cc2c(OCc3ccc(Cl)cc3)ccc3ccccc23)C(=O)N(C)C1=O. The van der Waals surface area contributed by atoms with E-state index in [1.807, 2.05) is 42.5 Å². The molecule has 0 bridgehead atoms. The van der Waals surface area contributed by atoms with Gasteiger partial charge >= 0.3 is 6.03 Å². The van der Waals surface area contributed by atoms with Crippen molar-refractivity contribution >= 4 is 46.3 Å². The van der Waals surface area contributed by atoms with Crippen LogP contribution < -0.4 is 4.74 Å². The molecule has 4 rings (SSSR count). The van der Waals surface area contributed by atoms with E-state index in [9.17, 15) is 14.4 Å². The fourth-order valence-corrected chi connectivity index (χ4v) is 3.54. The third-order valence-corrected chi connectivity index (χ3v) is 5.42. The van der Waals surface area contributed by atoms with Crippen molar-refractivity contribution in [3.05, 3.63) is 82.4 Å². The van der Waals surface area contributed by atoms with Gasteiger partial charge in [0.2, 0.25) is 0 Å². The largest absolute Gasteiger partial charge is 0.488 e. The van der Waals surface area contributed by atoms with Gasteiger partial charge in [-0.15, -0.1) is 0 Å². The smallest absolute Gasteiger partial charge is 0.333 e. The molecule has 156 valence electrons. The highest BCUT2D eigenvalue weighted by molar-refractivity contribution is 6.31. The first kappa shape index (κ1) is 20.6. The number of halogens is 1. The first-order valence-electron chi connectivity index (χ1n) is 9.57. The summed E-state index contributed by atoms with van der Waals surface area (Å²) in [4.78, 5) is 39.3. The van der Waals surface area contributed by atoms with Crippen LogP contribution in [0, 0.1) is 0 Å². The normalized spacial score (nSPS) is 14.4. The van der Waals surface area contributed by atoms with Crippen molar-refractivity contribution in [2.75, 3.05) is 14.1 Å². The Morgan fingerprint density at radius 2 is 1.52 bits per heavy atom. The van der Waals surface area contributed by atoms with Gasteiger partial charge in [-0.2, -0.15) is 0 Å². The zero-order chi connectivity index (χ0) is 22.1. The van der Waals surface area contributed by atoms with E-state index in [0.29, 0.717) is 16.3 Å². The average molecular weight is 435 g/mol. The van der Waals surface area contributed by atoms with E-state index in [1.54, 1.807) is 18.2 Å². The molecule has 0 spiro atoms. The second-order valence-electron chi connectivity index (χ2n) is 7.18. The lowest BCUT2D eigenvalue weighted by atomic mass is 9.99. The van der Waals surface area contributed by atoms with Crippen LogP contribution in [0.3, 0.4) is 0 Å². The maximum atomic E-state index is 12.7. The van der Waals surface area contributed by atoms with E-state index in [1.165, 1.54) is 20.2 Å². The minimum absolute atomic E-state index is 0.0997. The summed E-state index contributed by atoms with van der Waals surface area (Å²) in [5.41, 5.74) is 1.42. The standard InChI is InChI=1S/C24H19ClN2O4/c1-26-22(28)20(23(29)27(2)24(26)30)13-19-18-6-4-3-5-16(18)9-12-21(19)31-14-15-7-10-17(25)11-8-15/h3-13H,14H2,1-2H3. The molecule has 6 nitrogen and oxygen atoms in total. The minimum Gasteiger partial charge on any atom is -0.488 e. The molecule has 0 aromatic heterocycles. The number of ether oxygens (including phenoxy) is 1. The predicted octanol–water partition coefficient (Wildman–Crippen LogP) is 4.51. The molecule has 1 saturated heterocycles. The molecule has 0 radical (unpaired) electrons. The molecule has 0 aliphatic carbocycles. The lowest BCUT2D eigenvalue weighted by Gasteiger charge is -2.29. The highest BCUT2D eigenvalue weighted by Gasteiger charge is 2.38. The summed E-state index contributed by atoms with van der Waals surface area (Å²) in [7, 11) is 2.70. The van der Waals surface area contributed by atoms with Crippen LogP contribution in [0.1, 0.15) is 11.1 Å². The van der Waals surface area contributed by atoms with E-state index in [4.69, 9.17) is 16.3 Å². The molecule has 0 saturated carbocycles. The molecular weight excluding hydrogens is 416 g/mol.